The van der Waals surface area contributed by atoms with Crippen LogP contribution in [0.15, 0.2) is 141 Å². The van der Waals surface area contributed by atoms with Crippen LogP contribution < -0.4 is 0 Å². The Balaban J connectivity index is -0.000000597. The van der Waals surface area contributed by atoms with Crippen LogP contribution in [0.25, 0.3) is 0 Å². The van der Waals surface area contributed by atoms with Gasteiger partial charge in [0.15, 0.2) is 0 Å². The predicted molar refractivity (Wildman–Crippen MR) is 160 cm³/mol. The van der Waals surface area contributed by atoms with E-state index in [1.807, 2.05) is 79.5 Å². The second kappa shape index (κ2) is 27.7. The molecule has 34 heavy (non-hydrogen) atoms. The SMILES string of the molecule is C=C/C=C(\C=C)N(/C(C=C)=C/C=C\C)C(/C=C\C)=C/C=C.CCC.CCC.Cc1ccccc1. The normalized spacial score (nSPS) is 11.2. The molecule has 0 aliphatic rings. The first-order valence-corrected chi connectivity index (χ1v) is 12.1. The molecule has 1 aromatic carbocycles. The van der Waals surface area contributed by atoms with E-state index in [9.17, 15) is 0 Å². The van der Waals surface area contributed by atoms with Gasteiger partial charge in [0.2, 0.25) is 0 Å². The van der Waals surface area contributed by atoms with Crippen molar-refractivity contribution in [2.24, 2.45) is 0 Å². The van der Waals surface area contributed by atoms with E-state index in [-0.39, 0.29) is 0 Å². The molecule has 0 heterocycles. The maximum atomic E-state index is 3.91. The third-order valence-electron chi connectivity index (χ3n) is 3.51. The van der Waals surface area contributed by atoms with E-state index in [1.165, 1.54) is 18.4 Å². The standard InChI is InChI=1S/C20H25N.C7H8.2C3H8/c1-7-13-17-19(12-6)21(18(11-5)14-8-2)20(15-9-3)16-10-4;1-7-5-3-2-4-6-7;2*1-3-2/h7-17H,2-3,5-6H2,1,4H3;2-6H,1H3;2*3H2,1-2H3/b13-7-,16-10-,18-14+,19-17+,20-15+;;;. The first kappa shape index (κ1) is 35.3. The molecule has 1 aromatic rings. The molecule has 0 aliphatic carbocycles. The van der Waals surface area contributed by atoms with E-state index in [2.05, 4.69) is 73.1 Å². The van der Waals surface area contributed by atoms with Crippen LogP contribution in [0.5, 0.6) is 0 Å². The molecule has 0 spiro atoms. The predicted octanol–water partition coefficient (Wildman–Crippen LogP) is 10.7. The zero-order valence-corrected chi connectivity index (χ0v) is 22.9. The van der Waals surface area contributed by atoms with Crippen molar-refractivity contribution in [1.82, 2.24) is 4.90 Å². The molecule has 0 aliphatic heterocycles. The van der Waals surface area contributed by atoms with Crippen LogP contribution in [0.3, 0.4) is 0 Å². The van der Waals surface area contributed by atoms with E-state index < -0.39 is 0 Å². The van der Waals surface area contributed by atoms with Gasteiger partial charge in [-0.1, -0.05) is 133 Å². The van der Waals surface area contributed by atoms with Crippen molar-refractivity contribution in [3.8, 4) is 0 Å². The van der Waals surface area contributed by atoms with Crippen molar-refractivity contribution in [2.75, 3.05) is 0 Å². The fraction of sp³-hybridized carbons (Fsp3) is 0.273. The molecule has 0 unspecified atom stereocenters. The summed E-state index contributed by atoms with van der Waals surface area (Å²) in [6, 6.07) is 10.3. The Hall–Kier alpha value is -3.32. The summed E-state index contributed by atoms with van der Waals surface area (Å²) in [7, 11) is 0. The third-order valence-corrected chi connectivity index (χ3v) is 3.51. The lowest BCUT2D eigenvalue weighted by atomic mass is 10.2. The monoisotopic (exact) mass is 459 g/mol. The molecule has 0 saturated heterocycles. The molecular weight excluding hydrogens is 410 g/mol. The van der Waals surface area contributed by atoms with Gasteiger partial charge in [-0.2, -0.15) is 0 Å². The smallest absolute Gasteiger partial charge is 0.0458 e. The molecule has 1 rings (SSSR count). The van der Waals surface area contributed by atoms with E-state index in [0.29, 0.717) is 0 Å². The van der Waals surface area contributed by atoms with Crippen LogP contribution in [0.2, 0.25) is 0 Å². The van der Waals surface area contributed by atoms with Gasteiger partial charge in [-0.15, -0.1) is 0 Å². The molecule has 0 fully saturated rings. The fourth-order valence-electron chi connectivity index (χ4n) is 2.26. The minimum Gasteiger partial charge on any atom is -0.311 e. The minimum absolute atomic E-state index is 0.909. The lowest BCUT2D eigenvalue weighted by Gasteiger charge is -2.27. The maximum Gasteiger partial charge on any atom is 0.0458 e. The van der Waals surface area contributed by atoms with Crippen molar-refractivity contribution in [1.29, 1.82) is 0 Å². The Morgan fingerprint density at radius 2 is 1.15 bits per heavy atom. The number of aryl methyl sites for hydroxylation is 1. The van der Waals surface area contributed by atoms with Crippen LogP contribution in [0.1, 0.15) is 59.9 Å². The van der Waals surface area contributed by atoms with Gasteiger partial charge < -0.3 is 4.90 Å². The molecule has 0 radical (unpaired) electrons. The largest absolute Gasteiger partial charge is 0.311 e. The van der Waals surface area contributed by atoms with Gasteiger partial charge in [0.1, 0.15) is 0 Å². The zero-order chi connectivity index (χ0) is 26.6. The molecule has 1 heteroatoms. The quantitative estimate of drug-likeness (QED) is 0.332. The van der Waals surface area contributed by atoms with Crippen LogP contribution >= 0.6 is 0 Å². The van der Waals surface area contributed by atoms with Gasteiger partial charge in [-0.05, 0) is 57.2 Å². The number of rotatable bonds is 9. The summed E-state index contributed by atoms with van der Waals surface area (Å²) in [6.07, 6.45) is 23.4. The topological polar surface area (TPSA) is 3.24 Å². The van der Waals surface area contributed by atoms with Gasteiger partial charge in [-0.25, -0.2) is 0 Å². The molecule has 0 bridgehead atoms. The Kier molecular flexibility index (Phi) is 28.8. The molecule has 0 aromatic heterocycles. The Morgan fingerprint density at radius 1 is 0.706 bits per heavy atom. The lowest BCUT2D eigenvalue weighted by molar-refractivity contribution is 0.578. The minimum atomic E-state index is 0.909. The Bertz CT molecular complexity index is 796. The lowest BCUT2D eigenvalue weighted by Crippen LogP contribution is -2.19. The first-order chi connectivity index (χ1) is 16.4. The molecule has 0 N–H and O–H groups in total. The average Bonchev–Trinajstić information content (AvgIpc) is 2.82. The molecule has 0 atom stereocenters. The highest BCUT2D eigenvalue weighted by Crippen LogP contribution is 2.23. The zero-order valence-electron chi connectivity index (χ0n) is 22.9. The van der Waals surface area contributed by atoms with Crippen LogP contribution in [0, 0.1) is 6.92 Å². The van der Waals surface area contributed by atoms with Gasteiger partial charge in [0, 0.05) is 17.1 Å². The van der Waals surface area contributed by atoms with Crippen molar-refractivity contribution >= 4 is 0 Å². The summed E-state index contributed by atoms with van der Waals surface area (Å²) < 4.78 is 0. The Labute approximate surface area is 212 Å². The summed E-state index contributed by atoms with van der Waals surface area (Å²) in [5.41, 5.74) is 4.14. The molecule has 186 valence electrons. The number of hydrogen-bond acceptors (Lipinski definition) is 1. The van der Waals surface area contributed by atoms with Gasteiger partial charge in [0.25, 0.3) is 0 Å². The van der Waals surface area contributed by atoms with E-state index in [0.717, 1.165) is 17.1 Å². The van der Waals surface area contributed by atoms with Crippen LogP contribution in [-0.2, 0) is 0 Å². The summed E-state index contributed by atoms with van der Waals surface area (Å²) in [4.78, 5) is 2.04. The number of nitrogens with zero attached hydrogens (tertiary/aromatic N) is 1. The van der Waals surface area contributed by atoms with Crippen LogP contribution in [0.4, 0.5) is 0 Å². The molecule has 1 nitrogen and oxygen atoms in total. The second-order valence-electron chi connectivity index (χ2n) is 7.08. The highest BCUT2D eigenvalue weighted by molar-refractivity contribution is 5.40. The van der Waals surface area contributed by atoms with Crippen molar-refractivity contribution in [3.63, 3.8) is 0 Å². The van der Waals surface area contributed by atoms with Gasteiger partial charge in [-0.3, -0.25) is 0 Å². The fourth-order valence-corrected chi connectivity index (χ4v) is 2.26. The second-order valence-corrected chi connectivity index (χ2v) is 7.08. The van der Waals surface area contributed by atoms with Gasteiger partial charge in [0.05, 0.1) is 0 Å². The van der Waals surface area contributed by atoms with Crippen molar-refractivity contribution in [3.05, 3.63) is 146 Å². The summed E-state index contributed by atoms with van der Waals surface area (Å²) >= 11 is 0. The first-order valence-electron chi connectivity index (χ1n) is 12.1. The average molecular weight is 460 g/mol. The van der Waals surface area contributed by atoms with E-state index >= 15 is 0 Å². The van der Waals surface area contributed by atoms with Gasteiger partial charge >= 0.3 is 0 Å². The van der Waals surface area contributed by atoms with Crippen molar-refractivity contribution in [2.45, 2.75) is 61.3 Å². The molecular formula is C33H49N. The highest BCUT2D eigenvalue weighted by Gasteiger charge is 2.12. The summed E-state index contributed by atoms with van der Waals surface area (Å²) in [5.74, 6) is 0. The van der Waals surface area contributed by atoms with E-state index in [1.54, 1.807) is 24.3 Å². The van der Waals surface area contributed by atoms with Crippen molar-refractivity contribution < 1.29 is 0 Å². The summed E-state index contributed by atoms with van der Waals surface area (Å²) in [5, 5.41) is 0. The number of benzene rings is 1. The third kappa shape index (κ3) is 19.4. The van der Waals surface area contributed by atoms with E-state index in [4.69, 9.17) is 0 Å². The summed E-state index contributed by atoms with van der Waals surface area (Å²) in [6.45, 7) is 29.9. The maximum absolute atomic E-state index is 3.91. The number of hydrogen-bond donors (Lipinski definition) is 0. The molecule has 0 amide bonds. The van der Waals surface area contributed by atoms with Crippen LogP contribution in [-0.4, -0.2) is 4.90 Å². The molecule has 0 saturated carbocycles. The number of allylic oxidation sites excluding steroid dienone is 11. The highest BCUT2D eigenvalue weighted by atomic mass is 15.2. The Morgan fingerprint density at radius 3 is 1.47 bits per heavy atom.